The highest BCUT2D eigenvalue weighted by molar-refractivity contribution is 8.00. The Morgan fingerprint density at radius 2 is 1.74 bits per heavy atom. The number of hydrogen-bond acceptors (Lipinski definition) is 5. The highest BCUT2D eigenvalue weighted by Gasteiger charge is 2.12. The van der Waals surface area contributed by atoms with Crippen molar-refractivity contribution in [3.05, 3.63) is 59.9 Å². The average molecular weight is 379 g/mol. The van der Waals surface area contributed by atoms with Crippen LogP contribution in [0.3, 0.4) is 0 Å². The molecule has 1 heterocycles. The van der Waals surface area contributed by atoms with E-state index in [1.807, 2.05) is 24.3 Å². The molecule has 0 fully saturated rings. The van der Waals surface area contributed by atoms with Gasteiger partial charge < -0.3 is 5.32 Å². The summed E-state index contributed by atoms with van der Waals surface area (Å²) in [6, 6.07) is 14.7. The zero-order valence-corrected chi connectivity index (χ0v) is 16.3. The number of aromatic nitrogens is 2. The van der Waals surface area contributed by atoms with Crippen LogP contribution in [0, 0.1) is 0 Å². The number of rotatable bonds is 6. The first-order valence-corrected chi connectivity index (χ1v) is 9.73. The van der Waals surface area contributed by atoms with Crippen LogP contribution in [0.1, 0.15) is 42.9 Å². The molecule has 3 rings (SSSR count). The molecule has 6 heteroatoms. The fourth-order valence-electron chi connectivity index (χ4n) is 2.55. The quantitative estimate of drug-likeness (QED) is 0.382. The number of nitrogens with zero attached hydrogens (tertiary/aromatic N) is 2. The van der Waals surface area contributed by atoms with Crippen LogP contribution in [-0.2, 0) is 4.79 Å². The largest absolute Gasteiger partial charge is 0.325 e. The molecule has 0 bridgehead atoms. The van der Waals surface area contributed by atoms with Crippen molar-refractivity contribution in [3.8, 4) is 0 Å². The van der Waals surface area contributed by atoms with Crippen molar-refractivity contribution in [1.29, 1.82) is 0 Å². The maximum atomic E-state index is 12.3. The lowest BCUT2D eigenvalue weighted by Crippen LogP contribution is -2.14. The summed E-state index contributed by atoms with van der Waals surface area (Å²) in [5.74, 6) is 1.11. The number of para-hydroxylation sites is 1. The predicted octanol–water partition coefficient (Wildman–Crippen LogP) is 4.69. The average Bonchev–Trinajstić information content (AvgIpc) is 2.66. The molecule has 0 aliphatic carbocycles. The molecule has 1 aromatic heterocycles. The van der Waals surface area contributed by atoms with Gasteiger partial charge in [0, 0.05) is 22.6 Å². The molecule has 0 aliphatic rings. The molecular formula is C21H21N3O2S. The monoisotopic (exact) mass is 379 g/mol. The van der Waals surface area contributed by atoms with Crippen LogP contribution in [0.2, 0.25) is 0 Å². The molecule has 0 saturated carbocycles. The van der Waals surface area contributed by atoms with Gasteiger partial charge in [0.1, 0.15) is 10.9 Å². The summed E-state index contributed by atoms with van der Waals surface area (Å²) in [7, 11) is 0. The molecule has 0 unspecified atom stereocenters. The number of benzene rings is 2. The third kappa shape index (κ3) is 4.71. The van der Waals surface area contributed by atoms with Crippen molar-refractivity contribution in [3.63, 3.8) is 0 Å². The standard InChI is InChI=1S/C21H21N3O2S/c1-13(2)20-23-18-7-5-4-6-17(18)21(24-20)27-12-19(26)22-16-10-8-15(9-11-16)14(3)25/h4-11,13H,12H2,1-3H3,(H,22,26). The number of anilines is 1. The van der Waals surface area contributed by atoms with Gasteiger partial charge in [0.25, 0.3) is 0 Å². The third-order valence-corrected chi connectivity index (χ3v) is 5.01. The smallest absolute Gasteiger partial charge is 0.234 e. The highest BCUT2D eigenvalue weighted by atomic mass is 32.2. The maximum Gasteiger partial charge on any atom is 0.234 e. The van der Waals surface area contributed by atoms with E-state index >= 15 is 0 Å². The second kappa shape index (κ2) is 8.31. The first-order chi connectivity index (χ1) is 12.9. The first-order valence-electron chi connectivity index (χ1n) is 8.74. The van der Waals surface area contributed by atoms with E-state index in [9.17, 15) is 9.59 Å². The van der Waals surface area contributed by atoms with Crippen molar-refractivity contribution in [2.24, 2.45) is 0 Å². The molecule has 2 aromatic carbocycles. The van der Waals surface area contributed by atoms with Gasteiger partial charge in [-0.15, -0.1) is 0 Å². The summed E-state index contributed by atoms with van der Waals surface area (Å²) in [5, 5.41) is 4.61. The Bertz CT molecular complexity index is 984. The van der Waals surface area contributed by atoms with Crippen LogP contribution in [0.4, 0.5) is 5.69 Å². The molecule has 0 saturated heterocycles. The Balaban J connectivity index is 1.72. The number of amides is 1. The lowest BCUT2D eigenvalue weighted by atomic mass is 10.1. The summed E-state index contributed by atoms with van der Waals surface area (Å²) in [5.41, 5.74) is 2.18. The van der Waals surface area contributed by atoms with E-state index in [0.717, 1.165) is 21.8 Å². The number of carbonyl (C=O) groups is 2. The minimum atomic E-state index is -0.121. The van der Waals surface area contributed by atoms with Gasteiger partial charge in [-0.25, -0.2) is 9.97 Å². The van der Waals surface area contributed by atoms with Gasteiger partial charge in [-0.3, -0.25) is 9.59 Å². The summed E-state index contributed by atoms with van der Waals surface area (Å²) in [6.07, 6.45) is 0. The Morgan fingerprint density at radius 1 is 1.04 bits per heavy atom. The predicted molar refractivity (Wildman–Crippen MR) is 109 cm³/mol. The number of hydrogen-bond donors (Lipinski definition) is 1. The van der Waals surface area contributed by atoms with Gasteiger partial charge in [0.05, 0.1) is 11.3 Å². The zero-order valence-electron chi connectivity index (χ0n) is 15.5. The summed E-state index contributed by atoms with van der Waals surface area (Å²) in [4.78, 5) is 32.9. The molecule has 3 aromatic rings. The molecule has 0 aliphatic heterocycles. The van der Waals surface area contributed by atoms with Crippen LogP contribution in [0.25, 0.3) is 10.9 Å². The zero-order chi connectivity index (χ0) is 19.4. The number of fused-ring (bicyclic) bond motifs is 1. The van der Waals surface area contributed by atoms with Gasteiger partial charge >= 0.3 is 0 Å². The SMILES string of the molecule is CC(=O)c1ccc(NC(=O)CSc2nc(C(C)C)nc3ccccc23)cc1. The summed E-state index contributed by atoms with van der Waals surface area (Å²) < 4.78 is 0. The molecule has 5 nitrogen and oxygen atoms in total. The molecule has 0 radical (unpaired) electrons. The van der Waals surface area contributed by atoms with Gasteiger partial charge in [0.2, 0.25) is 5.91 Å². The Hall–Kier alpha value is -2.73. The van der Waals surface area contributed by atoms with Gasteiger partial charge in [0.15, 0.2) is 5.78 Å². The van der Waals surface area contributed by atoms with E-state index in [0.29, 0.717) is 11.3 Å². The highest BCUT2D eigenvalue weighted by Crippen LogP contribution is 2.27. The second-order valence-electron chi connectivity index (χ2n) is 6.53. The summed E-state index contributed by atoms with van der Waals surface area (Å²) >= 11 is 1.40. The Kier molecular flexibility index (Phi) is 5.86. The van der Waals surface area contributed by atoms with Crippen LogP contribution in [0.15, 0.2) is 53.6 Å². The number of thioether (sulfide) groups is 1. The Labute approximate surface area is 162 Å². The molecule has 27 heavy (non-hydrogen) atoms. The van der Waals surface area contributed by atoms with Crippen molar-refractivity contribution < 1.29 is 9.59 Å². The Morgan fingerprint density at radius 3 is 2.41 bits per heavy atom. The van der Waals surface area contributed by atoms with Gasteiger partial charge in [-0.1, -0.05) is 43.8 Å². The van der Waals surface area contributed by atoms with Crippen molar-refractivity contribution >= 4 is 40.0 Å². The second-order valence-corrected chi connectivity index (χ2v) is 7.49. The van der Waals surface area contributed by atoms with E-state index in [1.54, 1.807) is 24.3 Å². The number of ketones is 1. The maximum absolute atomic E-state index is 12.3. The van der Waals surface area contributed by atoms with Crippen molar-refractivity contribution in [2.75, 3.05) is 11.1 Å². The van der Waals surface area contributed by atoms with Crippen LogP contribution < -0.4 is 5.32 Å². The van der Waals surface area contributed by atoms with Crippen LogP contribution >= 0.6 is 11.8 Å². The normalized spacial score (nSPS) is 11.0. The van der Waals surface area contributed by atoms with E-state index in [4.69, 9.17) is 0 Å². The minimum absolute atomic E-state index is 0.0000263. The third-order valence-electron chi connectivity index (χ3n) is 4.02. The molecule has 1 N–H and O–H groups in total. The number of Topliss-reactive ketones (excluding diaryl/α,β-unsaturated/α-hetero) is 1. The first kappa shape index (κ1) is 19.0. The topological polar surface area (TPSA) is 72.0 Å². The van der Waals surface area contributed by atoms with Crippen molar-refractivity contribution in [1.82, 2.24) is 9.97 Å². The van der Waals surface area contributed by atoms with Gasteiger partial charge in [-0.05, 0) is 37.3 Å². The lowest BCUT2D eigenvalue weighted by molar-refractivity contribution is -0.113. The number of carbonyl (C=O) groups excluding carboxylic acids is 2. The molecule has 0 spiro atoms. The molecular weight excluding hydrogens is 358 g/mol. The van der Waals surface area contributed by atoms with Gasteiger partial charge in [-0.2, -0.15) is 0 Å². The minimum Gasteiger partial charge on any atom is -0.325 e. The van der Waals surface area contributed by atoms with Crippen LogP contribution in [0.5, 0.6) is 0 Å². The summed E-state index contributed by atoms with van der Waals surface area (Å²) in [6.45, 7) is 5.62. The molecule has 0 atom stereocenters. The van der Waals surface area contributed by atoms with E-state index in [2.05, 4.69) is 29.1 Å². The lowest BCUT2D eigenvalue weighted by Gasteiger charge is -2.10. The van der Waals surface area contributed by atoms with Crippen molar-refractivity contribution in [2.45, 2.75) is 31.7 Å². The molecule has 138 valence electrons. The van der Waals surface area contributed by atoms with E-state index in [1.165, 1.54) is 18.7 Å². The fourth-order valence-corrected chi connectivity index (χ4v) is 3.38. The molecule has 1 amide bonds. The van der Waals surface area contributed by atoms with E-state index in [-0.39, 0.29) is 23.4 Å². The fraction of sp³-hybridized carbons (Fsp3) is 0.238. The van der Waals surface area contributed by atoms with E-state index < -0.39 is 0 Å². The number of nitrogens with one attached hydrogen (secondary N) is 1. The van der Waals surface area contributed by atoms with Crippen LogP contribution in [-0.4, -0.2) is 27.4 Å².